The summed E-state index contributed by atoms with van der Waals surface area (Å²) in [6, 6.07) is 62.5. The summed E-state index contributed by atoms with van der Waals surface area (Å²) in [4.78, 5) is 15.7. The van der Waals surface area contributed by atoms with Gasteiger partial charge in [0.1, 0.15) is 11.2 Å². The monoisotopic (exact) mass is 741 g/mol. The fourth-order valence-corrected chi connectivity index (χ4v) is 9.39. The van der Waals surface area contributed by atoms with Gasteiger partial charge >= 0.3 is 0 Å². The standard InChI is InChI=1S/C54H35N3O/c1-54(2)47-22-11-10-21-41(47)42-25-23-36(29-48(42)54)53-56-51(34-16-12-15-33(27-34)32-13-4-3-5-14-32)55-52(57-53)35-24-26-49-45(28-35)46-30-43-39-19-8-6-17-37(39)38-18-7-9-20-40(38)44(43)31-50(46)58-49/h3-31H,1-2H3. The summed E-state index contributed by atoms with van der Waals surface area (Å²) in [5, 5.41) is 9.43. The Morgan fingerprint density at radius 3 is 1.57 bits per heavy atom. The van der Waals surface area contributed by atoms with Crippen LogP contribution in [0, 0.1) is 0 Å². The number of aromatic nitrogens is 3. The molecule has 4 nitrogen and oxygen atoms in total. The molecule has 0 bridgehead atoms. The molecule has 0 saturated heterocycles. The molecule has 1 aliphatic rings. The van der Waals surface area contributed by atoms with Crippen LogP contribution in [0.2, 0.25) is 0 Å². The van der Waals surface area contributed by atoms with Gasteiger partial charge in [-0.2, -0.15) is 0 Å². The van der Waals surface area contributed by atoms with Crippen molar-refractivity contribution in [2.75, 3.05) is 0 Å². The van der Waals surface area contributed by atoms with Crippen molar-refractivity contribution in [3.8, 4) is 56.4 Å². The van der Waals surface area contributed by atoms with Crippen molar-refractivity contribution in [3.05, 3.63) is 187 Å². The quantitative estimate of drug-likeness (QED) is 0.169. The lowest BCUT2D eigenvalue weighted by Gasteiger charge is -2.21. The summed E-state index contributed by atoms with van der Waals surface area (Å²) in [6.45, 7) is 4.61. The molecule has 0 N–H and O–H groups in total. The summed E-state index contributed by atoms with van der Waals surface area (Å²) in [5.41, 5.74) is 11.7. The van der Waals surface area contributed by atoms with Crippen LogP contribution < -0.4 is 0 Å². The number of benzene rings is 9. The van der Waals surface area contributed by atoms with Crippen LogP contribution >= 0.6 is 0 Å². The molecule has 0 fully saturated rings. The third-order valence-corrected chi connectivity index (χ3v) is 12.3. The molecule has 2 heterocycles. The van der Waals surface area contributed by atoms with E-state index in [9.17, 15) is 0 Å². The number of furan rings is 1. The number of hydrogen-bond acceptors (Lipinski definition) is 4. The van der Waals surface area contributed by atoms with Crippen molar-refractivity contribution in [1.82, 2.24) is 15.0 Å². The van der Waals surface area contributed by atoms with E-state index in [1.807, 2.05) is 6.07 Å². The summed E-state index contributed by atoms with van der Waals surface area (Å²) >= 11 is 0. The first-order valence-electron chi connectivity index (χ1n) is 19.8. The van der Waals surface area contributed by atoms with Gasteiger partial charge in [0.2, 0.25) is 0 Å². The number of fused-ring (bicyclic) bond motifs is 12. The second-order valence-corrected chi connectivity index (χ2v) is 16.0. The first-order valence-corrected chi connectivity index (χ1v) is 19.8. The zero-order valence-electron chi connectivity index (χ0n) is 32.0. The topological polar surface area (TPSA) is 51.8 Å². The van der Waals surface area contributed by atoms with Gasteiger partial charge in [-0.1, -0.05) is 147 Å². The van der Waals surface area contributed by atoms with Gasteiger partial charge in [0.05, 0.1) is 0 Å². The molecule has 0 unspecified atom stereocenters. The Bertz CT molecular complexity index is 3490. The van der Waals surface area contributed by atoms with Crippen molar-refractivity contribution in [1.29, 1.82) is 0 Å². The lowest BCUT2D eigenvalue weighted by molar-refractivity contribution is 0.660. The molecule has 58 heavy (non-hydrogen) atoms. The summed E-state index contributed by atoms with van der Waals surface area (Å²) in [6.07, 6.45) is 0. The zero-order chi connectivity index (χ0) is 38.5. The second-order valence-electron chi connectivity index (χ2n) is 16.0. The van der Waals surface area contributed by atoms with Gasteiger partial charge in [0.25, 0.3) is 0 Å². The molecule has 0 saturated carbocycles. The Morgan fingerprint density at radius 2 is 0.845 bits per heavy atom. The lowest BCUT2D eigenvalue weighted by atomic mass is 9.82. The molecule has 4 heteroatoms. The molecule has 12 rings (SSSR count). The van der Waals surface area contributed by atoms with E-state index in [1.165, 1.54) is 54.6 Å². The third-order valence-electron chi connectivity index (χ3n) is 12.3. The average molecular weight is 742 g/mol. The van der Waals surface area contributed by atoms with Crippen LogP contribution in [0.5, 0.6) is 0 Å². The number of nitrogens with zero attached hydrogens (tertiary/aromatic N) is 3. The molecule has 0 amide bonds. The summed E-state index contributed by atoms with van der Waals surface area (Å²) in [5.74, 6) is 1.88. The van der Waals surface area contributed by atoms with Crippen molar-refractivity contribution in [2.24, 2.45) is 0 Å². The van der Waals surface area contributed by atoms with Crippen LogP contribution in [0.25, 0.3) is 111 Å². The van der Waals surface area contributed by atoms with E-state index in [2.05, 4.69) is 184 Å². The predicted octanol–water partition coefficient (Wildman–Crippen LogP) is 14.2. The maximum absolute atomic E-state index is 6.59. The molecular formula is C54H35N3O. The Kier molecular flexibility index (Phi) is 6.94. The molecule has 11 aromatic rings. The van der Waals surface area contributed by atoms with E-state index < -0.39 is 0 Å². The van der Waals surface area contributed by atoms with Crippen molar-refractivity contribution >= 4 is 54.3 Å². The fourth-order valence-electron chi connectivity index (χ4n) is 9.39. The molecule has 1 aliphatic carbocycles. The van der Waals surface area contributed by atoms with Crippen LogP contribution in [-0.2, 0) is 5.41 Å². The Balaban J connectivity index is 1.06. The highest BCUT2D eigenvalue weighted by atomic mass is 16.3. The maximum atomic E-state index is 6.59. The van der Waals surface area contributed by atoms with Crippen molar-refractivity contribution in [3.63, 3.8) is 0 Å². The van der Waals surface area contributed by atoms with Crippen LogP contribution in [0.1, 0.15) is 25.0 Å². The highest BCUT2D eigenvalue weighted by Gasteiger charge is 2.35. The highest BCUT2D eigenvalue weighted by molar-refractivity contribution is 6.28. The largest absolute Gasteiger partial charge is 0.456 e. The Morgan fingerprint density at radius 1 is 0.328 bits per heavy atom. The first kappa shape index (κ1) is 32.8. The minimum absolute atomic E-state index is 0.153. The lowest BCUT2D eigenvalue weighted by Crippen LogP contribution is -2.15. The molecule has 0 atom stereocenters. The van der Waals surface area contributed by atoms with Crippen LogP contribution in [0.15, 0.2) is 180 Å². The number of hydrogen-bond donors (Lipinski definition) is 0. The molecule has 2 aromatic heterocycles. The molecule has 0 aliphatic heterocycles. The third kappa shape index (κ3) is 4.91. The Hall–Kier alpha value is -7.43. The summed E-state index contributed by atoms with van der Waals surface area (Å²) in [7, 11) is 0. The van der Waals surface area contributed by atoms with Crippen LogP contribution in [0.3, 0.4) is 0 Å². The van der Waals surface area contributed by atoms with Gasteiger partial charge in [-0.3, -0.25) is 0 Å². The second kappa shape index (κ2) is 12.3. The summed E-state index contributed by atoms with van der Waals surface area (Å²) < 4.78 is 6.59. The SMILES string of the molecule is CC1(C)c2ccccc2-c2ccc(-c3nc(-c4cccc(-c5ccccc5)c4)nc(-c4ccc5oc6cc7c8ccccc8c8ccccc8c7cc6c5c4)n3)cc21. The van der Waals surface area contributed by atoms with Crippen LogP contribution in [0.4, 0.5) is 0 Å². The van der Waals surface area contributed by atoms with E-state index in [4.69, 9.17) is 19.4 Å². The average Bonchev–Trinajstić information content (AvgIpc) is 3.76. The van der Waals surface area contributed by atoms with E-state index in [-0.39, 0.29) is 5.41 Å². The normalized spacial score (nSPS) is 13.1. The predicted molar refractivity (Wildman–Crippen MR) is 239 cm³/mol. The molecule has 9 aromatic carbocycles. The van der Waals surface area contributed by atoms with Crippen molar-refractivity contribution in [2.45, 2.75) is 19.3 Å². The van der Waals surface area contributed by atoms with Gasteiger partial charge in [0, 0.05) is 32.9 Å². The van der Waals surface area contributed by atoms with E-state index in [1.54, 1.807) is 0 Å². The minimum Gasteiger partial charge on any atom is -0.456 e. The molecule has 272 valence electrons. The van der Waals surface area contributed by atoms with Gasteiger partial charge < -0.3 is 4.42 Å². The van der Waals surface area contributed by atoms with E-state index in [0.717, 1.165) is 49.8 Å². The van der Waals surface area contributed by atoms with Gasteiger partial charge in [-0.25, -0.2) is 15.0 Å². The fraction of sp³-hybridized carbons (Fsp3) is 0.0556. The van der Waals surface area contributed by atoms with E-state index >= 15 is 0 Å². The van der Waals surface area contributed by atoms with Gasteiger partial charge in [-0.05, 0) is 108 Å². The Labute approximate surface area is 335 Å². The molecule has 0 spiro atoms. The molecule has 0 radical (unpaired) electrons. The smallest absolute Gasteiger partial charge is 0.164 e. The van der Waals surface area contributed by atoms with E-state index in [0.29, 0.717) is 17.5 Å². The minimum atomic E-state index is -0.153. The zero-order valence-corrected chi connectivity index (χ0v) is 32.0. The molecular weight excluding hydrogens is 707 g/mol. The van der Waals surface area contributed by atoms with Crippen molar-refractivity contribution < 1.29 is 4.42 Å². The van der Waals surface area contributed by atoms with Gasteiger partial charge in [-0.15, -0.1) is 0 Å². The van der Waals surface area contributed by atoms with Gasteiger partial charge in [0.15, 0.2) is 17.5 Å². The van der Waals surface area contributed by atoms with Crippen LogP contribution in [-0.4, -0.2) is 15.0 Å². The number of rotatable bonds is 4. The highest BCUT2D eigenvalue weighted by Crippen LogP contribution is 2.49. The maximum Gasteiger partial charge on any atom is 0.164 e. The first-order chi connectivity index (χ1) is 28.5.